The van der Waals surface area contributed by atoms with E-state index in [2.05, 4.69) is 20.1 Å². The number of aromatic nitrogens is 3. The van der Waals surface area contributed by atoms with Gasteiger partial charge in [0.2, 0.25) is 0 Å². The number of thioether (sulfide) groups is 1. The van der Waals surface area contributed by atoms with Crippen molar-refractivity contribution in [3.63, 3.8) is 0 Å². The van der Waals surface area contributed by atoms with Crippen molar-refractivity contribution in [3.05, 3.63) is 54.4 Å². The number of carboxylic acid groups (broad SMARTS) is 1. The fourth-order valence-corrected chi connectivity index (χ4v) is 5.47. The standard InChI is InChI=1S/C25H30N4O4S/c1-33-18-5-6-22-20(15-18)19(8-11-26-22)23(30)7-4-17-9-12-29(16-21(17)25(31)32)13-14-34-24-3-2-10-27-28-24/h2-3,5-6,8,10-11,15,17,21,23,30H,4,7,9,12-14,16H2,1H3,(H,31,32)/t17-,21+,23+/m1/s1. The summed E-state index contributed by atoms with van der Waals surface area (Å²) < 4.78 is 5.33. The van der Waals surface area contributed by atoms with Crippen molar-refractivity contribution in [2.75, 3.05) is 32.5 Å². The predicted octanol–water partition coefficient (Wildman–Crippen LogP) is 3.66. The molecule has 0 bridgehead atoms. The largest absolute Gasteiger partial charge is 0.497 e. The van der Waals surface area contributed by atoms with Gasteiger partial charge in [0.05, 0.1) is 24.6 Å². The van der Waals surface area contributed by atoms with E-state index in [4.69, 9.17) is 4.74 Å². The van der Waals surface area contributed by atoms with Crippen molar-refractivity contribution >= 4 is 28.6 Å². The molecule has 0 unspecified atom stereocenters. The van der Waals surface area contributed by atoms with Crippen LogP contribution in [0, 0.1) is 11.8 Å². The van der Waals surface area contributed by atoms with Crippen LogP contribution in [-0.4, -0.2) is 68.8 Å². The molecule has 8 nitrogen and oxygen atoms in total. The van der Waals surface area contributed by atoms with Crippen LogP contribution in [0.15, 0.2) is 53.8 Å². The van der Waals surface area contributed by atoms with Gasteiger partial charge >= 0.3 is 5.97 Å². The number of fused-ring (bicyclic) bond motifs is 1. The average molecular weight is 483 g/mol. The van der Waals surface area contributed by atoms with Crippen LogP contribution in [0.4, 0.5) is 0 Å². The Morgan fingerprint density at radius 1 is 1.29 bits per heavy atom. The van der Waals surface area contributed by atoms with Crippen molar-refractivity contribution in [1.82, 2.24) is 20.1 Å². The fraction of sp³-hybridized carbons (Fsp3) is 0.440. The number of aliphatic carboxylic acids is 1. The fourth-order valence-electron chi connectivity index (χ4n) is 4.63. The number of hydrogen-bond donors (Lipinski definition) is 2. The van der Waals surface area contributed by atoms with Crippen LogP contribution in [0.2, 0.25) is 0 Å². The summed E-state index contributed by atoms with van der Waals surface area (Å²) in [6.07, 6.45) is 4.64. The average Bonchev–Trinajstić information content (AvgIpc) is 2.87. The van der Waals surface area contributed by atoms with E-state index in [-0.39, 0.29) is 5.92 Å². The number of pyridine rings is 1. The molecule has 1 saturated heterocycles. The van der Waals surface area contributed by atoms with Crippen molar-refractivity contribution in [2.45, 2.75) is 30.4 Å². The van der Waals surface area contributed by atoms with Gasteiger partial charge in [0, 0.05) is 36.6 Å². The van der Waals surface area contributed by atoms with Gasteiger partial charge in [-0.2, -0.15) is 5.10 Å². The van der Waals surface area contributed by atoms with Crippen LogP contribution < -0.4 is 4.74 Å². The number of methoxy groups -OCH3 is 1. The molecule has 2 aromatic heterocycles. The number of aliphatic hydroxyl groups is 1. The minimum Gasteiger partial charge on any atom is -0.497 e. The number of ether oxygens (including phenoxy) is 1. The summed E-state index contributed by atoms with van der Waals surface area (Å²) in [5.41, 5.74) is 1.60. The number of rotatable bonds is 10. The highest BCUT2D eigenvalue weighted by atomic mass is 32.2. The Balaban J connectivity index is 1.34. The summed E-state index contributed by atoms with van der Waals surface area (Å²) in [7, 11) is 1.61. The van der Waals surface area contributed by atoms with Crippen molar-refractivity contribution in [1.29, 1.82) is 0 Å². The van der Waals surface area contributed by atoms with Gasteiger partial charge in [0.25, 0.3) is 0 Å². The minimum absolute atomic E-state index is 0.0404. The van der Waals surface area contributed by atoms with Gasteiger partial charge in [-0.25, -0.2) is 0 Å². The molecule has 1 fully saturated rings. The molecule has 4 rings (SSSR count). The molecule has 34 heavy (non-hydrogen) atoms. The third-order valence-electron chi connectivity index (χ3n) is 6.51. The summed E-state index contributed by atoms with van der Waals surface area (Å²) >= 11 is 1.63. The summed E-state index contributed by atoms with van der Waals surface area (Å²) in [6.45, 7) is 2.21. The number of hydrogen-bond acceptors (Lipinski definition) is 8. The topological polar surface area (TPSA) is 109 Å². The number of nitrogens with zero attached hydrogens (tertiary/aromatic N) is 4. The first-order chi connectivity index (χ1) is 16.5. The summed E-state index contributed by atoms with van der Waals surface area (Å²) in [5.74, 6) is 0.400. The Labute approximate surface area is 203 Å². The zero-order chi connectivity index (χ0) is 23.9. The highest BCUT2D eigenvalue weighted by Crippen LogP contribution is 2.34. The van der Waals surface area contributed by atoms with E-state index in [1.807, 2.05) is 36.4 Å². The highest BCUT2D eigenvalue weighted by Gasteiger charge is 2.34. The number of carboxylic acids is 1. The Hall–Kier alpha value is -2.75. The number of piperidine rings is 1. The van der Waals surface area contributed by atoms with E-state index in [1.54, 1.807) is 31.3 Å². The van der Waals surface area contributed by atoms with E-state index in [0.717, 1.165) is 46.8 Å². The third-order valence-corrected chi connectivity index (χ3v) is 7.42. The quantitative estimate of drug-likeness (QED) is 0.418. The maximum absolute atomic E-state index is 12.0. The lowest BCUT2D eigenvalue weighted by molar-refractivity contribution is -0.146. The molecule has 1 aliphatic rings. The van der Waals surface area contributed by atoms with Crippen LogP contribution in [0.25, 0.3) is 10.9 Å². The molecule has 3 atom stereocenters. The van der Waals surface area contributed by atoms with Crippen LogP contribution >= 0.6 is 11.8 Å². The van der Waals surface area contributed by atoms with Crippen LogP contribution in [-0.2, 0) is 4.79 Å². The molecule has 0 spiro atoms. The molecule has 3 aromatic rings. The molecule has 0 amide bonds. The van der Waals surface area contributed by atoms with Crippen LogP contribution in [0.5, 0.6) is 5.75 Å². The summed E-state index contributed by atoms with van der Waals surface area (Å²) in [6, 6.07) is 11.2. The Morgan fingerprint density at radius 3 is 2.94 bits per heavy atom. The normalized spacial score (nSPS) is 19.7. The first-order valence-corrected chi connectivity index (χ1v) is 12.5. The van der Waals surface area contributed by atoms with Crippen molar-refractivity contribution in [3.8, 4) is 5.75 Å². The summed E-state index contributed by atoms with van der Waals surface area (Å²) in [5, 5.41) is 30.5. The number of carbonyl (C=O) groups is 1. The first-order valence-electron chi connectivity index (χ1n) is 11.5. The lowest BCUT2D eigenvalue weighted by atomic mass is 9.81. The second-order valence-electron chi connectivity index (χ2n) is 8.58. The summed E-state index contributed by atoms with van der Waals surface area (Å²) in [4.78, 5) is 18.6. The van der Waals surface area contributed by atoms with Gasteiger partial charge < -0.3 is 19.8 Å². The van der Waals surface area contributed by atoms with Crippen molar-refractivity contribution in [2.24, 2.45) is 11.8 Å². The van der Waals surface area contributed by atoms with Crippen LogP contribution in [0.3, 0.4) is 0 Å². The zero-order valence-electron chi connectivity index (χ0n) is 19.2. The zero-order valence-corrected chi connectivity index (χ0v) is 20.0. The van der Waals surface area contributed by atoms with Gasteiger partial charge in [-0.05, 0) is 73.7 Å². The van der Waals surface area contributed by atoms with E-state index in [0.29, 0.717) is 25.1 Å². The molecule has 1 aliphatic heterocycles. The first kappa shape index (κ1) is 24.4. The Kier molecular flexibility index (Phi) is 8.31. The Morgan fingerprint density at radius 2 is 2.18 bits per heavy atom. The monoisotopic (exact) mass is 482 g/mol. The van der Waals surface area contributed by atoms with Gasteiger partial charge in [0.1, 0.15) is 10.8 Å². The van der Waals surface area contributed by atoms with Gasteiger partial charge in [-0.3, -0.25) is 9.78 Å². The molecule has 1 aromatic carbocycles. The maximum Gasteiger partial charge on any atom is 0.308 e. The second-order valence-corrected chi connectivity index (χ2v) is 9.70. The maximum atomic E-state index is 12.0. The Bertz CT molecular complexity index is 1100. The molecule has 9 heteroatoms. The van der Waals surface area contributed by atoms with E-state index >= 15 is 0 Å². The van der Waals surface area contributed by atoms with E-state index in [9.17, 15) is 15.0 Å². The predicted molar refractivity (Wildman–Crippen MR) is 131 cm³/mol. The van der Waals surface area contributed by atoms with Gasteiger partial charge in [-0.15, -0.1) is 16.9 Å². The number of aliphatic hydroxyl groups excluding tert-OH is 1. The number of likely N-dealkylation sites (tertiary alicyclic amines) is 1. The lowest BCUT2D eigenvalue weighted by Crippen LogP contribution is -2.44. The molecular weight excluding hydrogens is 452 g/mol. The molecule has 180 valence electrons. The highest BCUT2D eigenvalue weighted by molar-refractivity contribution is 7.99. The second kappa shape index (κ2) is 11.6. The van der Waals surface area contributed by atoms with Gasteiger partial charge in [-0.1, -0.05) is 0 Å². The molecule has 3 heterocycles. The SMILES string of the molecule is COc1ccc2nccc([C@@H](O)CC[C@@H]3CCN(CCSc4cccnn4)C[C@@H]3C(=O)O)c2c1. The van der Waals surface area contributed by atoms with E-state index < -0.39 is 18.0 Å². The lowest BCUT2D eigenvalue weighted by Gasteiger charge is -2.36. The van der Waals surface area contributed by atoms with Gasteiger partial charge in [0.15, 0.2) is 0 Å². The molecule has 0 saturated carbocycles. The molecule has 2 N–H and O–H groups in total. The third kappa shape index (κ3) is 6.02. The number of benzene rings is 1. The van der Waals surface area contributed by atoms with E-state index in [1.165, 1.54) is 0 Å². The van der Waals surface area contributed by atoms with Crippen molar-refractivity contribution < 1.29 is 19.7 Å². The molecular formula is C25H30N4O4S. The smallest absolute Gasteiger partial charge is 0.308 e. The minimum atomic E-state index is -0.759. The van der Waals surface area contributed by atoms with Crippen LogP contribution in [0.1, 0.15) is 30.9 Å². The molecule has 0 radical (unpaired) electrons. The molecule has 0 aliphatic carbocycles.